The molecule has 0 saturated carbocycles. The number of Topliss-reactive ketones (excluding diaryl/α,β-unsaturated/α-hetero) is 1. The third-order valence-electron chi connectivity index (χ3n) is 5.34. The van der Waals surface area contributed by atoms with Crippen LogP contribution in [0.25, 0.3) is 5.76 Å². The molecule has 1 atom stereocenters. The number of rotatable bonds is 8. The van der Waals surface area contributed by atoms with Gasteiger partial charge in [0.05, 0.1) is 18.2 Å². The van der Waals surface area contributed by atoms with Crippen LogP contribution in [0, 0.1) is 0 Å². The molecule has 0 spiro atoms. The number of nitrogens with zero attached hydrogens (tertiary/aromatic N) is 2. The number of pyridine rings is 1. The molecule has 172 valence electrons. The largest absolute Gasteiger partial charge is 0.507 e. The molecule has 1 fully saturated rings. The van der Waals surface area contributed by atoms with Gasteiger partial charge in [-0.05, 0) is 61.0 Å². The van der Waals surface area contributed by atoms with Crippen LogP contribution in [0.15, 0.2) is 91.2 Å². The van der Waals surface area contributed by atoms with E-state index in [1.807, 2.05) is 6.92 Å². The summed E-state index contributed by atoms with van der Waals surface area (Å²) in [6.45, 7) is 6.36. The van der Waals surface area contributed by atoms with Crippen molar-refractivity contribution < 1.29 is 24.2 Å². The lowest BCUT2D eigenvalue weighted by atomic mass is 9.95. The molecule has 34 heavy (non-hydrogen) atoms. The summed E-state index contributed by atoms with van der Waals surface area (Å²) in [5.74, 6) is -0.245. The number of amides is 1. The van der Waals surface area contributed by atoms with E-state index in [1.165, 1.54) is 4.90 Å². The van der Waals surface area contributed by atoms with Crippen LogP contribution in [-0.4, -0.2) is 35.0 Å². The second kappa shape index (κ2) is 10.0. The number of aliphatic hydroxyl groups is 1. The highest BCUT2D eigenvalue weighted by molar-refractivity contribution is 6.51. The molecule has 7 nitrogen and oxygen atoms in total. The molecule has 0 bridgehead atoms. The van der Waals surface area contributed by atoms with Crippen molar-refractivity contribution in [2.45, 2.75) is 13.0 Å². The fraction of sp³-hybridized carbons (Fsp3) is 0.148. The van der Waals surface area contributed by atoms with E-state index in [0.717, 1.165) is 0 Å². The van der Waals surface area contributed by atoms with Gasteiger partial charge < -0.3 is 14.6 Å². The third kappa shape index (κ3) is 4.41. The summed E-state index contributed by atoms with van der Waals surface area (Å²) in [7, 11) is 0. The second-order valence-corrected chi connectivity index (χ2v) is 7.48. The fourth-order valence-corrected chi connectivity index (χ4v) is 3.81. The number of aromatic nitrogens is 1. The summed E-state index contributed by atoms with van der Waals surface area (Å²) in [5, 5.41) is 11.2. The van der Waals surface area contributed by atoms with Gasteiger partial charge in [-0.25, -0.2) is 4.98 Å². The number of anilines is 1. The van der Waals surface area contributed by atoms with Crippen LogP contribution < -0.4 is 14.4 Å². The van der Waals surface area contributed by atoms with Gasteiger partial charge in [-0.1, -0.05) is 30.9 Å². The summed E-state index contributed by atoms with van der Waals surface area (Å²) in [6.07, 6.45) is 3.18. The van der Waals surface area contributed by atoms with Crippen molar-refractivity contribution in [2.24, 2.45) is 0 Å². The molecule has 7 heteroatoms. The standard InChI is InChI=1S/C27H24N2O5/c1-3-17-34-21-14-10-19(11-15-21)25(30)23-24(18-8-12-20(13-9-18)33-4-2)29(27(32)26(23)31)22-7-5-6-16-28-22/h3,5-16,24,30H,1,4,17H2,2H3. The van der Waals surface area contributed by atoms with Gasteiger partial charge in [0.2, 0.25) is 0 Å². The average Bonchev–Trinajstić information content (AvgIpc) is 3.14. The van der Waals surface area contributed by atoms with Crippen LogP contribution in [-0.2, 0) is 9.59 Å². The molecule has 2 aromatic carbocycles. The molecule has 1 aromatic heterocycles. The van der Waals surface area contributed by atoms with E-state index in [1.54, 1.807) is 79.0 Å². The smallest absolute Gasteiger partial charge is 0.301 e. The van der Waals surface area contributed by atoms with E-state index < -0.39 is 17.7 Å². The Balaban J connectivity index is 1.82. The van der Waals surface area contributed by atoms with Gasteiger partial charge in [-0.2, -0.15) is 0 Å². The van der Waals surface area contributed by atoms with Crippen molar-refractivity contribution in [1.82, 2.24) is 4.98 Å². The molecule has 0 radical (unpaired) electrons. The molecule has 2 heterocycles. The fourth-order valence-electron chi connectivity index (χ4n) is 3.81. The van der Waals surface area contributed by atoms with E-state index in [-0.39, 0.29) is 11.3 Å². The topological polar surface area (TPSA) is 89.0 Å². The lowest BCUT2D eigenvalue weighted by Gasteiger charge is -2.24. The normalized spacial score (nSPS) is 17.0. The molecule has 1 aliphatic heterocycles. The molecule has 1 aliphatic rings. The molecule has 1 N–H and O–H groups in total. The average molecular weight is 456 g/mol. The Morgan fingerprint density at radius 3 is 2.32 bits per heavy atom. The highest BCUT2D eigenvalue weighted by Gasteiger charge is 2.47. The molecular formula is C27H24N2O5. The monoisotopic (exact) mass is 456 g/mol. The highest BCUT2D eigenvalue weighted by atomic mass is 16.5. The summed E-state index contributed by atoms with van der Waals surface area (Å²) in [5.41, 5.74) is 1.02. The van der Waals surface area contributed by atoms with Crippen LogP contribution in [0.4, 0.5) is 5.82 Å². The molecule has 1 saturated heterocycles. The first-order valence-electron chi connectivity index (χ1n) is 10.8. The first-order valence-corrected chi connectivity index (χ1v) is 10.8. The van der Waals surface area contributed by atoms with Crippen molar-refractivity contribution in [1.29, 1.82) is 0 Å². The predicted octanol–water partition coefficient (Wildman–Crippen LogP) is 4.67. The highest BCUT2D eigenvalue weighted by Crippen LogP contribution is 2.41. The number of benzene rings is 2. The maximum Gasteiger partial charge on any atom is 0.301 e. The van der Waals surface area contributed by atoms with Crippen molar-refractivity contribution in [3.8, 4) is 11.5 Å². The van der Waals surface area contributed by atoms with Gasteiger partial charge in [0.15, 0.2) is 0 Å². The second-order valence-electron chi connectivity index (χ2n) is 7.48. The van der Waals surface area contributed by atoms with Crippen LogP contribution in [0.1, 0.15) is 24.1 Å². The summed E-state index contributed by atoms with van der Waals surface area (Å²) < 4.78 is 11.0. The molecule has 1 unspecified atom stereocenters. The summed E-state index contributed by atoms with van der Waals surface area (Å²) in [4.78, 5) is 31.9. The van der Waals surface area contributed by atoms with Gasteiger partial charge in [-0.3, -0.25) is 14.5 Å². The Hall–Kier alpha value is -4.39. The molecular weight excluding hydrogens is 432 g/mol. The van der Waals surface area contributed by atoms with Crippen molar-refractivity contribution in [3.05, 3.63) is 102 Å². The molecule has 1 amide bonds. The van der Waals surface area contributed by atoms with Crippen LogP contribution in [0.5, 0.6) is 11.5 Å². The van der Waals surface area contributed by atoms with Crippen LogP contribution in [0.3, 0.4) is 0 Å². The Morgan fingerprint density at radius 1 is 1.03 bits per heavy atom. The van der Waals surface area contributed by atoms with Crippen molar-refractivity contribution in [3.63, 3.8) is 0 Å². The molecule has 0 aliphatic carbocycles. The van der Waals surface area contributed by atoms with Crippen molar-refractivity contribution in [2.75, 3.05) is 18.1 Å². The Labute approximate surface area is 197 Å². The Kier molecular flexibility index (Phi) is 6.73. The minimum absolute atomic E-state index is 0.0143. The zero-order chi connectivity index (χ0) is 24.1. The lowest BCUT2D eigenvalue weighted by molar-refractivity contribution is -0.132. The maximum atomic E-state index is 13.2. The maximum absolute atomic E-state index is 13.2. The molecule has 3 aromatic rings. The minimum Gasteiger partial charge on any atom is -0.507 e. The van der Waals surface area contributed by atoms with E-state index in [2.05, 4.69) is 11.6 Å². The first kappa shape index (κ1) is 22.8. The SMILES string of the molecule is C=CCOc1ccc(C(O)=C2C(=O)C(=O)N(c3ccccn3)C2c2ccc(OCC)cc2)cc1. The first-order chi connectivity index (χ1) is 16.5. The quantitative estimate of drug-likeness (QED) is 0.229. The molecule has 4 rings (SSSR count). The third-order valence-corrected chi connectivity index (χ3v) is 5.34. The van der Waals surface area contributed by atoms with Crippen LogP contribution in [0.2, 0.25) is 0 Å². The van der Waals surface area contributed by atoms with Gasteiger partial charge in [-0.15, -0.1) is 0 Å². The zero-order valence-corrected chi connectivity index (χ0v) is 18.7. The lowest BCUT2D eigenvalue weighted by Crippen LogP contribution is -2.30. The van der Waals surface area contributed by atoms with Gasteiger partial charge in [0.1, 0.15) is 29.7 Å². The van der Waals surface area contributed by atoms with E-state index in [0.29, 0.717) is 41.7 Å². The van der Waals surface area contributed by atoms with Gasteiger partial charge >= 0.3 is 5.91 Å². The van der Waals surface area contributed by atoms with Crippen molar-refractivity contribution >= 4 is 23.3 Å². The number of hydrogen-bond acceptors (Lipinski definition) is 6. The Bertz CT molecular complexity index is 1220. The van der Waals surface area contributed by atoms with Gasteiger partial charge in [0, 0.05) is 11.8 Å². The minimum atomic E-state index is -0.859. The number of ether oxygens (including phenoxy) is 2. The summed E-state index contributed by atoms with van der Waals surface area (Å²) >= 11 is 0. The number of carbonyl (C=O) groups excluding carboxylic acids is 2. The predicted molar refractivity (Wildman–Crippen MR) is 129 cm³/mol. The Morgan fingerprint density at radius 2 is 1.71 bits per heavy atom. The number of carbonyl (C=O) groups is 2. The van der Waals surface area contributed by atoms with Crippen LogP contribution >= 0.6 is 0 Å². The van der Waals surface area contributed by atoms with E-state index >= 15 is 0 Å². The zero-order valence-electron chi connectivity index (χ0n) is 18.7. The van der Waals surface area contributed by atoms with E-state index in [9.17, 15) is 14.7 Å². The number of aliphatic hydroxyl groups excluding tert-OH is 1. The van der Waals surface area contributed by atoms with E-state index in [4.69, 9.17) is 9.47 Å². The number of hydrogen-bond donors (Lipinski definition) is 1. The van der Waals surface area contributed by atoms with Gasteiger partial charge in [0.25, 0.3) is 5.78 Å². The summed E-state index contributed by atoms with van der Waals surface area (Å²) in [6, 6.07) is 18.0. The number of ketones is 1.